The van der Waals surface area contributed by atoms with E-state index < -0.39 is 0 Å². The number of rotatable bonds is 9. The predicted molar refractivity (Wildman–Crippen MR) is 174 cm³/mol. The number of fused-ring (bicyclic) bond motifs is 1. The maximum atomic E-state index is 13.7. The first-order valence-electron chi connectivity index (χ1n) is 15.1. The van der Waals surface area contributed by atoms with E-state index in [0.717, 1.165) is 65.0 Å². The van der Waals surface area contributed by atoms with Crippen LogP contribution in [-0.2, 0) is 11.3 Å². The van der Waals surface area contributed by atoms with E-state index in [-0.39, 0.29) is 18.5 Å². The van der Waals surface area contributed by atoms with Crippen LogP contribution in [0.5, 0.6) is 0 Å². The van der Waals surface area contributed by atoms with E-state index in [2.05, 4.69) is 131 Å². The Kier molecular flexibility index (Phi) is 8.89. The Hall–Kier alpha value is -4.36. The molecule has 1 aliphatic rings. The van der Waals surface area contributed by atoms with Crippen molar-refractivity contribution in [1.29, 1.82) is 0 Å². The summed E-state index contributed by atoms with van der Waals surface area (Å²) in [6, 6.07) is 39.8. The third-order valence-electron chi connectivity index (χ3n) is 8.18. The molecule has 6 nitrogen and oxygen atoms in total. The van der Waals surface area contributed by atoms with E-state index in [0.29, 0.717) is 6.54 Å². The molecule has 218 valence electrons. The number of hydrogen-bond acceptors (Lipinski definition) is 5. The smallest absolute Gasteiger partial charge is 0.248 e. The highest BCUT2D eigenvalue weighted by Crippen LogP contribution is 2.37. The minimum atomic E-state index is -0.215. The fourth-order valence-corrected chi connectivity index (χ4v) is 5.94. The molecule has 6 heteroatoms. The lowest BCUT2D eigenvalue weighted by Gasteiger charge is -2.35. The van der Waals surface area contributed by atoms with Gasteiger partial charge in [0.05, 0.1) is 23.8 Å². The second-order valence-corrected chi connectivity index (χ2v) is 11.5. The maximum Gasteiger partial charge on any atom is 0.248 e. The van der Waals surface area contributed by atoms with Crippen molar-refractivity contribution in [3.8, 4) is 11.3 Å². The van der Waals surface area contributed by atoms with E-state index in [1.54, 1.807) is 0 Å². The van der Waals surface area contributed by atoms with Crippen LogP contribution in [0.3, 0.4) is 0 Å². The van der Waals surface area contributed by atoms with Crippen LogP contribution in [0.1, 0.15) is 28.3 Å². The lowest BCUT2D eigenvalue weighted by Crippen LogP contribution is -2.54. The molecule has 1 aliphatic heterocycles. The second-order valence-electron chi connectivity index (χ2n) is 11.5. The third kappa shape index (κ3) is 7.00. The van der Waals surface area contributed by atoms with Gasteiger partial charge >= 0.3 is 0 Å². The molecule has 4 aromatic carbocycles. The fraction of sp³-hybridized carbons (Fsp3) is 0.243. The minimum Gasteiger partial charge on any atom is -0.304 e. The Bertz CT molecular complexity index is 1650. The number of carbonyl (C=O) groups excluding carboxylic acids is 1. The summed E-state index contributed by atoms with van der Waals surface area (Å²) in [5.41, 5.74) is 10.7. The Morgan fingerprint density at radius 2 is 1.49 bits per heavy atom. The molecule has 1 fully saturated rings. The summed E-state index contributed by atoms with van der Waals surface area (Å²) < 4.78 is 0. The number of hydrogen-bond donors (Lipinski definition) is 1. The quantitative estimate of drug-likeness (QED) is 0.233. The van der Waals surface area contributed by atoms with Crippen molar-refractivity contribution >= 4 is 16.8 Å². The number of amides is 1. The number of likely N-dealkylation sites (N-methyl/N-ethyl adjacent to an activating group) is 1. The monoisotopic (exact) mass is 569 g/mol. The highest BCUT2D eigenvalue weighted by atomic mass is 16.2. The molecule has 0 radical (unpaired) electrons. The highest BCUT2D eigenvalue weighted by Gasteiger charge is 2.29. The molecule has 0 aliphatic carbocycles. The Morgan fingerprint density at radius 3 is 2.19 bits per heavy atom. The Labute approximate surface area is 254 Å². The zero-order valence-corrected chi connectivity index (χ0v) is 25.0. The standard InChI is InChI=1S/C37H39N5O/c1-28-18-19-34-32(24-28)25-33(36(38-34)30-14-8-4-9-15-30)37(31-16-10-5-11-17-31)41(26-29-12-6-3-7-13-29)27-35(43)39-42-22-20-40(2)21-23-42/h3-19,24-25,37H,20-23,26-27H2,1-2H3,(H,39,43). The zero-order valence-electron chi connectivity index (χ0n) is 25.0. The zero-order chi connectivity index (χ0) is 29.6. The predicted octanol–water partition coefficient (Wildman–Crippen LogP) is 6.08. The fourth-order valence-electron chi connectivity index (χ4n) is 5.94. The van der Waals surface area contributed by atoms with Gasteiger partial charge in [0.1, 0.15) is 0 Å². The van der Waals surface area contributed by atoms with Crippen LogP contribution in [0, 0.1) is 6.92 Å². The van der Waals surface area contributed by atoms with E-state index >= 15 is 0 Å². The molecular weight excluding hydrogens is 530 g/mol. The van der Waals surface area contributed by atoms with Crippen LogP contribution in [0.25, 0.3) is 22.2 Å². The Balaban J connectivity index is 1.48. The van der Waals surface area contributed by atoms with Gasteiger partial charge in [-0.05, 0) is 43.3 Å². The molecular formula is C37H39N5O. The van der Waals surface area contributed by atoms with Gasteiger partial charge in [-0.25, -0.2) is 9.99 Å². The summed E-state index contributed by atoms with van der Waals surface area (Å²) in [5, 5.41) is 3.15. The molecule has 1 aromatic heterocycles. The van der Waals surface area contributed by atoms with Crippen LogP contribution < -0.4 is 5.43 Å². The van der Waals surface area contributed by atoms with Crippen molar-refractivity contribution in [1.82, 2.24) is 25.2 Å². The van der Waals surface area contributed by atoms with E-state index in [9.17, 15) is 4.79 Å². The minimum absolute atomic E-state index is 0.00716. The summed E-state index contributed by atoms with van der Waals surface area (Å²) in [7, 11) is 2.12. The largest absolute Gasteiger partial charge is 0.304 e. The Morgan fingerprint density at radius 1 is 0.837 bits per heavy atom. The number of nitrogens with zero attached hydrogens (tertiary/aromatic N) is 4. The van der Waals surface area contributed by atoms with Gasteiger partial charge in [0.2, 0.25) is 5.91 Å². The van der Waals surface area contributed by atoms with Gasteiger partial charge in [-0.3, -0.25) is 15.1 Å². The summed E-state index contributed by atoms with van der Waals surface area (Å²) in [4.78, 5) is 23.6. The van der Waals surface area contributed by atoms with E-state index in [4.69, 9.17) is 4.98 Å². The van der Waals surface area contributed by atoms with Crippen molar-refractivity contribution in [2.24, 2.45) is 0 Å². The second kappa shape index (κ2) is 13.3. The van der Waals surface area contributed by atoms with Gasteiger partial charge in [0.15, 0.2) is 0 Å². The van der Waals surface area contributed by atoms with Gasteiger partial charge in [0.25, 0.3) is 0 Å². The lowest BCUT2D eigenvalue weighted by atomic mass is 9.91. The summed E-state index contributed by atoms with van der Waals surface area (Å²) in [5.74, 6) is -0.00716. The van der Waals surface area contributed by atoms with E-state index in [1.807, 2.05) is 18.2 Å². The number of benzene rings is 4. The van der Waals surface area contributed by atoms with Gasteiger partial charge in [-0.1, -0.05) is 103 Å². The number of carbonyl (C=O) groups is 1. The molecule has 1 amide bonds. The SMILES string of the molecule is Cc1ccc2nc(-c3ccccc3)c(C(c3ccccc3)N(CC(=O)NN3CCN(C)CC3)Cc3ccccc3)cc2c1. The van der Waals surface area contributed by atoms with Gasteiger partial charge in [0, 0.05) is 49.2 Å². The van der Waals surface area contributed by atoms with Gasteiger partial charge in [-0.2, -0.15) is 0 Å². The first-order valence-corrected chi connectivity index (χ1v) is 15.1. The lowest BCUT2D eigenvalue weighted by molar-refractivity contribution is -0.128. The number of nitrogens with one attached hydrogen (secondary N) is 1. The number of pyridine rings is 1. The molecule has 1 unspecified atom stereocenters. The van der Waals surface area contributed by atoms with Crippen molar-refractivity contribution < 1.29 is 4.79 Å². The first-order chi connectivity index (χ1) is 21.0. The molecule has 0 bridgehead atoms. The van der Waals surface area contributed by atoms with Crippen LogP contribution in [-0.4, -0.2) is 65.5 Å². The van der Waals surface area contributed by atoms with Crippen molar-refractivity contribution in [3.63, 3.8) is 0 Å². The number of aromatic nitrogens is 1. The molecule has 0 spiro atoms. The summed E-state index contributed by atoms with van der Waals surface area (Å²) in [6.45, 7) is 6.46. The molecule has 2 heterocycles. The van der Waals surface area contributed by atoms with E-state index in [1.165, 1.54) is 5.56 Å². The molecule has 5 aromatic rings. The molecule has 1 N–H and O–H groups in total. The molecule has 1 atom stereocenters. The molecule has 0 saturated carbocycles. The van der Waals surface area contributed by atoms with Crippen molar-refractivity contribution in [2.45, 2.75) is 19.5 Å². The first kappa shape index (κ1) is 28.7. The number of hydrazine groups is 1. The maximum absolute atomic E-state index is 13.7. The average molecular weight is 570 g/mol. The van der Waals surface area contributed by atoms with Crippen LogP contribution in [0.4, 0.5) is 0 Å². The average Bonchev–Trinajstić information content (AvgIpc) is 3.03. The van der Waals surface area contributed by atoms with Crippen LogP contribution in [0.2, 0.25) is 0 Å². The molecule has 43 heavy (non-hydrogen) atoms. The summed E-state index contributed by atoms with van der Waals surface area (Å²) >= 11 is 0. The van der Waals surface area contributed by atoms with Gasteiger partial charge in [-0.15, -0.1) is 0 Å². The van der Waals surface area contributed by atoms with Crippen molar-refractivity contribution in [2.75, 3.05) is 39.8 Å². The molecule has 6 rings (SSSR count). The topological polar surface area (TPSA) is 51.7 Å². The molecule has 1 saturated heterocycles. The van der Waals surface area contributed by atoms with Crippen LogP contribution in [0.15, 0.2) is 115 Å². The highest BCUT2D eigenvalue weighted by molar-refractivity contribution is 5.85. The summed E-state index contributed by atoms with van der Waals surface area (Å²) in [6.07, 6.45) is 0. The normalized spacial score (nSPS) is 15.0. The third-order valence-corrected chi connectivity index (χ3v) is 8.18. The van der Waals surface area contributed by atoms with Gasteiger partial charge < -0.3 is 4.90 Å². The number of piperazine rings is 1. The number of aryl methyl sites for hydroxylation is 1. The van der Waals surface area contributed by atoms with Crippen molar-refractivity contribution in [3.05, 3.63) is 138 Å². The van der Waals surface area contributed by atoms with Crippen LogP contribution >= 0.6 is 0 Å².